The van der Waals surface area contributed by atoms with Crippen molar-refractivity contribution in [2.45, 2.75) is 19.4 Å². The van der Waals surface area contributed by atoms with Crippen LogP contribution in [-0.2, 0) is 11.3 Å². The molecule has 0 aromatic heterocycles. The second-order valence-electron chi connectivity index (χ2n) is 6.82. The van der Waals surface area contributed by atoms with Gasteiger partial charge in [-0.2, -0.15) is 0 Å². The zero-order chi connectivity index (χ0) is 20.1. The molecule has 0 aliphatic carbocycles. The molecule has 5 nitrogen and oxygen atoms in total. The van der Waals surface area contributed by atoms with E-state index in [1.807, 2.05) is 6.07 Å². The Hall–Kier alpha value is -2.31. The van der Waals surface area contributed by atoms with Gasteiger partial charge >= 0.3 is 0 Å². The van der Waals surface area contributed by atoms with E-state index in [1.165, 1.54) is 20.3 Å². The topological polar surface area (TPSA) is 50.8 Å². The quantitative estimate of drug-likeness (QED) is 0.775. The number of likely N-dealkylation sites (tertiary alicyclic amines) is 1. The zero-order valence-electron chi connectivity index (χ0n) is 16.0. The highest BCUT2D eigenvalue weighted by Crippen LogP contribution is 2.36. The molecule has 1 aliphatic rings. The van der Waals surface area contributed by atoms with Crippen molar-refractivity contribution in [1.82, 2.24) is 4.90 Å². The summed E-state index contributed by atoms with van der Waals surface area (Å²) in [5, 5.41) is 3.34. The van der Waals surface area contributed by atoms with Gasteiger partial charge in [0.15, 0.2) is 0 Å². The number of benzene rings is 2. The standard InChI is InChI=1S/C21H24ClFN2O3/c1-27-19-12-18(20(28-2)11-16(19)22)24-21(26)14-7-9-25(10-8-14)13-15-5-3-4-6-17(15)23/h3-6,11-12,14H,7-10,13H2,1-2H3,(H,24,26). The van der Waals surface area contributed by atoms with Crippen LogP contribution in [-0.4, -0.2) is 38.1 Å². The van der Waals surface area contributed by atoms with E-state index in [1.54, 1.807) is 24.3 Å². The molecular formula is C21H24ClFN2O3. The lowest BCUT2D eigenvalue weighted by Gasteiger charge is -2.31. The fourth-order valence-electron chi connectivity index (χ4n) is 3.41. The van der Waals surface area contributed by atoms with E-state index in [2.05, 4.69) is 10.2 Å². The van der Waals surface area contributed by atoms with Crippen molar-refractivity contribution >= 4 is 23.2 Å². The van der Waals surface area contributed by atoms with Crippen LogP contribution in [0.5, 0.6) is 11.5 Å². The van der Waals surface area contributed by atoms with Crippen molar-refractivity contribution in [2.24, 2.45) is 5.92 Å². The van der Waals surface area contributed by atoms with E-state index in [0.29, 0.717) is 47.2 Å². The molecule has 1 saturated heterocycles. The molecule has 0 spiro atoms. The number of halogens is 2. The summed E-state index contributed by atoms with van der Waals surface area (Å²) in [5.41, 5.74) is 1.21. The molecule has 0 bridgehead atoms. The average molecular weight is 407 g/mol. The molecule has 1 fully saturated rings. The van der Waals surface area contributed by atoms with Gasteiger partial charge < -0.3 is 14.8 Å². The summed E-state index contributed by atoms with van der Waals surface area (Å²) in [4.78, 5) is 14.9. The van der Waals surface area contributed by atoms with Crippen molar-refractivity contribution in [2.75, 3.05) is 32.6 Å². The Kier molecular flexibility index (Phi) is 6.75. The molecule has 0 radical (unpaired) electrons. The van der Waals surface area contributed by atoms with Crippen molar-refractivity contribution in [3.8, 4) is 11.5 Å². The molecule has 1 N–H and O–H groups in total. The number of hydrogen-bond acceptors (Lipinski definition) is 4. The number of anilines is 1. The van der Waals surface area contributed by atoms with Crippen LogP contribution in [0.25, 0.3) is 0 Å². The third-order valence-electron chi connectivity index (χ3n) is 5.04. The van der Waals surface area contributed by atoms with Gasteiger partial charge in [-0.3, -0.25) is 9.69 Å². The number of methoxy groups -OCH3 is 2. The maximum Gasteiger partial charge on any atom is 0.227 e. The van der Waals surface area contributed by atoms with E-state index < -0.39 is 0 Å². The predicted octanol–water partition coefficient (Wildman–Crippen LogP) is 4.35. The highest BCUT2D eigenvalue weighted by Gasteiger charge is 2.26. The van der Waals surface area contributed by atoms with Crippen LogP contribution < -0.4 is 14.8 Å². The monoisotopic (exact) mass is 406 g/mol. The maximum absolute atomic E-state index is 13.8. The van der Waals surface area contributed by atoms with Crippen LogP contribution in [0.1, 0.15) is 18.4 Å². The number of piperidine rings is 1. The number of ether oxygens (including phenoxy) is 2. The molecule has 28 heavy (non-hydrogen) atoms. The SMILES string of the molecule is COc1cc(NC(=O)C2CCN(Cc3ccccc3F)CC2)c(OC)cc1Cl. The van der Waals surface area contributed by atoms with Gasteiger partial charge in [-0.25, -0.2) is 4.39 Å². The van der Waals surface area contributed by atoms with Gasteiger partial charge in [-0.1, -0.05) is 29.8 Å². The lowest BCUT2D eigenvalue weighted by Crippen LogP contribution is -2.38. The molecule has 1 heterocycles. The minimum atomic E-state index is -0.189. The molecule has 2 aromatic carbocycles. The number of hydrogen-bond donors (Lipinski definition) is 1. The van der Waals surface area contributed by atoms with Gasteiger partial charge in [0.25, 0.3) is 0 Å². The lowest BCUT2D eigenvalue weighted by atomic mass is 9.95. The maximum atomic E-state index is 13.8. The molecule has 1 aliphatic heterocycles. The number of carbonyl (C=O) groups is 1. The molecule has 3 rings (SSSR count). The Balaban J connectivity index is 1.59. The first-order chi connectivity index (χ1) is 13.5. The van der Waals surface area contributed by atoms with Crippen LogP contribution in [0, 0.1) is 11.7 Å². The summed E-state index contributed by atoms with van der Waals surface area (Å²) < 4.78 is 24.4. The van der Waals surface area contributed by atoms with Gasteiger partial charge in [0, 0.05) is 30.2 Å². The number of rotatable bonds is 6. The van der Waals surface area contributed by atoms with Crippen LogP contribution in [0.15, 0.2) is 36.4 Å². The average Bonchev–Trinajstić information content (AvgIpc) is 2.71. The summed E-state index contributed by atoms with van der Waals surface area (Å²) in [6, 6.07) is 10.1. The summed E-state index contributed by atoms with van der Waals surface area (Å²) in [7, 11) is 3.04. The van der Waals surface area contributed by atoms with E-state index in [9.17, 15) is 9.18 Å². The number of nitrogens with one attached hydrogen (secondary N) is 1. The number of nitrogens with zero attached hydrogens (tertiary/aromatic N) is 1. The first-order valence-electron chi connectivity index (χ1n) is 9.20. The summed E-state index contributed by atoms with van der Waals surface area (Å²) in [6.45, 7) is 2.05. The van der Waals surface area contributed by atoms with E-state index in [-0.39, 0.29) is 17.6 Å². The lowest BCUT2D eigenvalue weighted by molar-refractivity contribution is -0.121. The second kappa shape index (κ2) is 9.26. The highest BCUT2D eigenvalue weighted by atomic mass is 35.5. The highest BCUT2D eigenvalue weighted by molar-refractivity contribution is 6.32. The Labute approximate surface area is 169 Å². The Morgan fingerprint density at radius 3 is 2.50 bits per heavy atom. The van der Waals surface area contributed by atoms with E-state index in [4.69, 9.17) is 21.1 Å². The zero-order valence-corrected chi connectivity index (χ0v) is 16.8. The van der Waals surface area contributed by atoms with Crippen LogP contribution in [0.2, 0.25) is 5.02 Å². The first kappa shape index (κ1) is 20.4. The van der Waals surface area contributed by atoms with Gasteiger partial charge in [0.1, 0.15) is 17.3 Å². The summed E-state index contributed by atoms with van der Waals surface area (Å²) in [5.74, 6) is 0.594. The fourth-order valence-corrected chi connectivity index (χ4v) is 3.64. The molecule has 150 valence electrons. The van der Waals surface area contributed by atoms with Gasteiger partial charge in [-0.15, -0.1) is 0 Å². The number of amides is 1. The van der Waals surface area contributed by atoms with Crippen molar-refractivity contribution in [3.63, 3.8) is 0 Å². The smallest absolute Gasteiger partial charge is 0.227 e. The van der Waals surface area contributed by atoms with Crippen LogP contribution >= 0.6 is 11.6 Å². The normalized spacial score (nSPS) is 15.3. The first-order valence-corrected chi connectivity index (χ1v) is 9.57. The van der Waals surface area contributed by atoms with Crippen LogP contribution in [0.4, 0.5) is 10.1 Å². The van der Waals surface area contributed by atoms with Crippen LogP contribution in [0.3, 0.4) is 0 Å². The molecule has 1 amide bonds. The third-order valence-corrected chi connectivity index (χ3v) is 5.34. The minimum Gasteiger partial charge on any atom is -0.495 e. The molecule has 0 unspecified atom stereocenters. The predicted molar refractivity (Wildman–Crippen MR) is 108 cm³/mol. The largest absolute Gasteiger partial charge is 0.495 e. The second-order valence-corrected chi connectivity index (χ2v) is 7.23. The third kappa shape index (κ3) is 4.75. The van der Waals surface area contributed by atoms with Gasteiger partial charge in [-0.05, 0) is 32.0 Å². The Morgan fingerprint density at radius 1 is 1.18 bits per heavy atom. The fraction of sp³-hybridized carbons (Fsp3) is 0.381. The molecule has 0 saturated carbocycles. The Morgan fingerprint density at radius 2 is 1.86 bits per heavy atom. The van der Waals surface area contributed by atoms with E-state index in [0.717, 1.165) is 13.1 Å². The summed E-state index contributed by atoms with van der Waals surface area (Å²) >= 11 is 6.11. The van der Waals surface area contributed by atoms with E-state index >= 15 is 0 Å². The van der Waals surface area contributed by atoms with Crippen molar-refractivity contribution < 1.29 is 18.7 Å². The van der Waals surface area contributed by atoms with Crippen molar-refractivity contribution in [1.29, 1.82) is 0 Å². The van der Waals surface area contributed by atoms with Gasteiger partial charge in [0.05, 0.1) is 24.9 Å². The minimum absolute atomic E-state index is 0.0618. The molecule has 0 atom stereocenters. The Bertz CT molecular complexity index is 838. The molecule has 2 aromatic rings. The van der Waals surface area contributed by atoms with Crippen molar-refractivity contribution in [3.05, 3.63) is 52.8 Å². The van der Waals surface area contributed by atoms with Gasteiger partial charge in [0.2, 0.25) is 5.91 Å². The summed E-state index contributed by atoms with van der Waals surface area (Å²) in [6.07, 6.45) is 1.43. The molecular weight excluding hydrogens is 383 g/mol. The number of carbonyl (C=O) groups excluding carboxylic acids is 1. The molecule has 7 heteroatoms.